The van der Waals surface area contributed by atoms with Gasteiger partial charge in [0.05, 0.1) is 41.6 Å². The van der Waals surface area contributed by atoms with Crippen LogP contribution < -0.4 is 30.3 Å². The van der Waals surface area contributed by atoms with Crippen molar-refractivity contribution in [1.82, 2.24) is 16.1 Å². The number of allylic oxidation sites excluding steroid dienone is 1. The molecule has 11 nitrogen and oxygen atoms in total. The molecule has 2 atom stereocenters. The fourth-order valence-electron chi connectivity index (χ4n) is 4.39. The van der Waals surface area contributed by atoms with Crippen LogP contribution in [0.3, 0.4) is 0 Å². The zero-order valence-electron chi connectivity index (χ0n) is 24.5. The number of aliphatic hydroxyl groups excluding tert-OH is 1. The van der Waals surface area contributed by atoms with Crippen LogP contribution in [-0.4, -0.2) is 49.9 Å². The third-order valence-electron chi connectivity index (χ3n) is 6.40. The molecule has 45 heavy (non-hydrogen) atoms. The lowest BCUT2D eigenvalue weighted by molar-refractivity contribution is -0.136. The zero-order valence-corrected chi connectivity index (χ0v) is 26.0. The summed E-state index contributed by atoms with van der Waals surface area (Å²) >= 11 is 12.7. The number of rotatable bonds is 13. The lowest BCUT2D eigenvalue weighted by atomic mass is 9.95. The van der Waals surface area contributed by atoms with Crippen molar-refractivity contribution in [2.45, 2.75) is 32.7 Å². The van der Waals surface area contributed by atoms with E-state index in [-0.39, 0.29) is 40.4 Å². The first kappa shape index (κ1) is 33.4. The summed E-state index contributed by atoms with van der Waals surface area (Å²) in [7, 11) is 1.26. The second kappa shape index (κ2) is 15.5. The molecular weight excluding hydrogens is 630 g/mol. The highest BCUT2D eigenvalue weighted by atomic mass is 35.5. The molecule has 0 spiro atoms. The van der Waals surface area contributed by atoms with E-state index in [9.17, 15) is 19.1 Å². The Bertz CT molecular complexity index is 1600. The average molecular weight is 662 g/mol. The number of benzene rings is 3. The van der Waals surface area contributed by atoms with Crippen molar-refractivity contribution in [1.29, 1.82) is 0 Å². The van der Waals surface area contributed by atoms with Crippen molar-refractivity contribution in [2.24, 2.45) is 5.10 Å². The summed E-state index contributed by atoms with van der Waals surface area (Å²) in [6.45, 7) is 3.58. The number of amides is 2. The number of methoxy groups -OCH3 is 1. The number of hydrogen-bond donors (Lipinski definition) is 4. The molecule has 1 aliphatic heterocycles. The van der Waals surface area contributed by atoms with Crippen LogP contribution in [0, 0.1) is 5.82 Å². The predicted octanol–water partition coefficient (Wildman–Crippen LogP) is 5.23. The maximum absolute atomic E-state index is 13.4. The van der Waals surface area contributed by atoms with E-state index < -0.39 is 24.3 Å². The van der Waals surface area contributed by atoms with Gasteiger partial charge in [-0.25, -0.2) is 14.0 Å². The average Bonchev–Trinajstić information content (AvgIpc) is 2.99. The Kier molecular flexibility index (Phi) is 11.5. The zero-order chi connectivity index (χ0) is 32.5. The monoisotopic (exact) mass is 660 g/mol. The number of carbonyl (C=O) groups excluding carboxylic acids is 2. The molecule has 1 aliphatic rings. The third kappa shape index (κ3) is 8.78. The summed E-state index contributed by atoms with van der Waals surface area (Å²) < 4.78 is 35.5. The molecule has 2 amide bonds. The molecule has 0 aliphatic carbocycles. The van der Waals surface area contributed by atoms with Gasteiger partial charge in [0.25, 0.3) is 0 Å². The van der Waals surface area contributed by atoms with Crippen LogP contribution in [0.4, 0.5) is 9.18 Å². The van der Waals surface area contributed by atoms with E-state index in [4.69, 9.17) is 42.1 Å². The van der Waals surface area contributed by atoms with E-state index in [0.29, 0.717) is 40.5 Å². The van der Waals surface area contributed by atoms with Crippen LogP contribution in [-0.2, 0) is 16.1 Å². The molecule has 0 radical (unpaired) electrons. The lowest BCUT2D eigenvalue weighted by Gasteiger charge is -2.28. The second-order valence-corrected chi connectivity index (χ2v) is 10.5. The molecule has 0 bridgehead atoms. The van der Waals surface area contributed by atoms with Crippen molar-refractivity contribution >= 4 is 41.4 Å². The molecule has 1 heterocycles. The number of ether oxygens (including phenoxy) is 4. The Morgan fingerprint density at radius 3 is 2.56 bits per heavy atom. The van der Waals surface area contributed by atoms with Gasteiger partial charge >= 0.3 is 12.0 Å². The number of urea groups is 1. The fourth-order valence-corrected chi connectivity index (χ4v) is 5.01. The first-order valence-electron chi connectivity index (χ1n) is 13.7. The lowest BCUT2D eigenvalue weighted by Crippen LogP contribution is -2.45. The van der Waals surface area contributed by atoms with Gasteiger partial charge in [-0.15, -0.1) is 0 Å². The molecule has 0 fully saturated rings. The van der Waals surface area contributed by atoms with Crippen LogP contribution >= 0.6 is 23.2 Å². The Morgan fingerprint density at radius 2 is 1.87 bits per heavy atom. The minimum absolute atomic E-state index is 0.0754. The molecule has 0 saturated heterocycles. The molecule has 4 rings (SSSR count). The van der Waals surface area contributed by atoms with E-state index >= 15 is 0 Å². The van der Waals surface area contributed by atoms with Crippen molar-refractivity contribution in [3.8, 4) is 17.2 Å². The van der Waals surface area contributed by atoms with Crippen LogP contribution in [0.1, 0.15) is 36.6 Å². The largest absolute Gasteiger partial charge is 0.490 e. The highest BCUT2D eigenvalue weighted by Gasteiger charge is 2.32. The highest BCUT2D eigenvalue weighted by molar-refractivity contribution is 6.37. The van der Waals surface area contributed by atoms with E-state index in [1.54, 1.807) is 56.3 Å². The Labute approximate surface area is 268 Å². The van der Waals surface area contributed by atoms with Gasteiger partial charge in [0.1, 0.15) is 19.0 Å². The summed E-state index contributed by atoms with van der Waals surface area (Å²) in [5, 5.41) is 20.2. The standard InChI is InChI=1S/C31H31Cl2FN4O7/c1-4-43-25-13-20(28-27(30(40)42-3)17(2)36-31(41)37-28)8-9-24(25)44-16-26(39)38-35-14-19-11-22(32)29(23(33)12-19)45-15-18-6-5-7-21(34)10-18/h5-14,26,28,38-39H,4,15-16H2,1-3H3,(H2,36,37,41)/b35-14-/t26-,28-/m0/s1. The number of carbonyl (C=O) groups is 2. The molecule has 238 valence electrons. The van der Waals surface area contributed by atoms with Gasteiger partial charge in [-0.2, -0.15) is 5.10 Å². The molecule has 3 aromatic rings. The van der Waals surface area contributed by atoms with Crippen molar-refractivity contribution < 1.29 is 38.0 Å². The van der Waals surface area contributed by atoms with Gasteiger partial charge in [0, 0.05) is 5.70 Å². The number of hydrogen-bond acceptors (Lipinski definition) is 9. The van der Waals surface area contributed by atoms with Crippen molar-refractivity contribution in [3.63, 3.8) is 0 Å². The van der Waals surface area contributed by atoms with E-state index in [0.717, 1.165) is 0 Å². The molecule has 0 unspecified atom stereocenters. The van der Waals surface area contributed by atoms with Gasteiger partial charge in [0.2, 0.25) is 0 Å². The van der Waals surface area contributed by atoms with Gasteiger partial charge in [-0.1, -0.05) is 41.4 Å². The van der Waals surface area contributed by atoms with Crippen molar-refractivity contribution in [2.75, 3.05) is 20.3 Å². The summed E-state index contributed by atoms with van der Waals surface area (Å²) in [6.07, 6.45) is 0.190. The quantitative estimate of drug-likeness (QED) is 0.0846. The molecule has 4 N–H and O–H groups in total. The highest BCUT2D eigenvalue weighted by Crippen LogP contribution is 2.36. The Morgan fingerprint density at radius 1 is 1.11 bits per heavy atom. The first-order chi connectivity index (χ1) is 21.6. The normalized spacial score (nSPS) is 15.3. The van der Waals surface area contributed by atoms with E-state index in [2.05, 4.69) is 21.2 Å². The summed E-state index contributed by atoms with van der Waals surface area (Å²) in [5.74, 6) is -0.0669. The number of aliphatic hydroxyl groups is 1. The van der Waals surface area contributed by atoms with Gasteiger partial charge in [0.15, 0.2) is 23.5 Å². The molecular formula is C31H31Cl2FN4O7. The van der Waals surface area contributed by atoms with Crippen LogP contribution in [0.25, 0.3) is 0 Å². The molecule has 3 aromatic carbocycles. The fraction of sp³-hybridized carbons (Fsp3) is 0.258. The number of nitrogens with one attached hydrogen (secondary N) is 3. The van der Waals surface area contributed by atoms with E-state index in [1.165, 1.54) is 25.5 Å². The van der Waals surface area contributed by atoms with Crippen LogP contribution in [0.5, 0.6) is 17.2 Å². The first-order valence-corrected chi connectivity index (χ1v) is 14.4. The minimum Gasteiger partial charge on any atom is -0.490 e. The van der Waals surface area contributed by atoms with Crippen molar-refractivity contribution in [3.05, 3.63) is 98.4 Å². The number of halogens is 3. The van der Waals surface area contributed by atoms with Gasteiger partial charge in [-0.3, -0.25) is 5.43 Å². The SMILES string of the molecule is CCOc1cc([C@@H]2NC(=O)NC(C)=C2C(=O)OC)ccc1OC[C@H](O)N/N=C\c1cc(Cl)c(OCc2cccc(F)c2)c(Cl)c1. The number of hydrazone groups is 1. The summed E-state index contributed by atoms with van der Waals surface area (Å²) in [6, 6.07) is 12.8. The maximum atomic E-state index is 13.4. The van der Waals surface area contributed by atoms with E-state index in [1.807, 2.05) is 0 Å². The Hall–Kier alpha value is -4.52. The van der Waals surface area contributed by atoms with Gasteiger partial charge < -0.3 is 34.7 Å². The summed E-state index contributed by atoms with van der Waals surface area (Å²) in [4.78, 5) is 24.6. The van der Waals surface area contributed by atoms with Gasteiger partial charge in [-0.05, 0) is 66.9 Å². The van der Waals surface area contributed by atoms with Crippen LogP contribution in [0.15, 0.2) is 71.0 Å². The smallest absolute Gasteiger partial charge is 0.337 e. The topological polar surface area (TPSA) is 140 Å². The second-order valence-electron chi connectivity index (χ2n) is 9.65. The predicted molar refractivity (Wildman–Crippen MR) is 166 cm³/mol. The Balaban J connectivity index is 1.37. The summed E-state index contributed by atoms with van der Waals surface area (Å²) in [5.41, 5.74) is 4.88. The maximum Gasteiger partial charge on any atom is 0.337 e. The molecule has 0 aromatic heterocycles. The minimum atomic E-state index is -1.21. The third-order valence-corrected chi connectivity index (χ3v) is 6.96. The number of nitrogens with zero attached hydrogens (tertiary/aromatic N) is 1. The van der Waals surface area contributed by atoms with Crippen LogP contribution in [0.2, 0.25) is 10.0 Å². The molecule has 0 saturated carbocycles. The molecule has 14 heteroatoms. The number of esters is 1.